The molecular formula is C23H14ClF3N2O8. The predicted molar refractivity (Wildman–Crippen MR) is 121 cm³/mol. The van der Waals surface area contributed by atoms with E-state index in [1.54, 1.807) is 5.32 Å². The van der Waals surface area contributed by atoms with Gasteiger partial charge in [-0.15, -0.1) is 0 Å². The first-order valence-corrected chi connectivity index (χ1v) is 10.3. The topological polar surface area (TPSA) is 134 Å². The maximum absolute atomic E-state index is 12.8. The quantitative estimate of drug-likeness (QED) is 0.237. The molecular weight excluding hydrogens is 525 g/mol. The van der Waals surface area contributed by atoms with Crippen molar-refractivity contribution >= 4 is 35.3 Å². The Labute approximate surface area is 210 Å². The fourth-order valence-electron chi connectivity index (χ4n) is 2.90. The molecule has 0 aliphatic heterocycles. The van der Waals surface area contributed by atoms with Gasteiger partial charge >= 0.3 is 18.2 Å². The molecule has 37 heavy (non-hydrogen) atoms. The molecule has 0 spiro atoms. The summed E-state index contributed by atoms with van der Waals surface area (Å²) < 4.78 is 53.4. The number of ether oxygens (including phenoxy) is 3. The second-order valence-electron chi connectivity index (χ2n) is 7.04. The summed E-state index contributed by atoms with van der Waals surface area (Å²) in [4.78, 5) is 46.9. The summed E-state index contributed by atoms with van der Waals surface area (Å²) >= 11 is 5.85. The number of halogens is 4. The van der Waals surface area contributed by atoms with Gasteiger partial charge < -0.3 is 14.2 Å². The number of rotatable bonds is 6. The maximum atomic E-state index is 12.8. The van der Waals surface area contributed by atoms with E-state index in [0.717, 1.165) is 31.4 Å². The largest absolute Gasteiger partial charge is 0.465 e. The van der Waals surface area contributed by atoms with Crippen LogP contribution in [0.2, 0.25) is 5.02 Å². The van der Waals surface area contributed by atoms with Gasteiger partial charge in [0.15, 0.2) is 0 Å². The highest BCUT2D eigenvalue weighted by Gasteiger charge is 2.31. The van der Waals surface area contributed by atoms with Gasteiger partial charge in [0.1, 0.15) is 22.8 Å². The summed E-state index contributed by atoms with van der Waals surface area (Å²) in [5.41, 5.74) is -2.29. The highest BCUT2D eigenvalue weighted by atomic mass is 35.5. The molecule has 10 nitrogen and oxygen atoms in total. The van der Waals surface area contributed by atoms with Crippen LogP contribution < -0.4 is 14.8 Å². The molecule has 3 rings (SSSR count). The Morgan fingerprint density at radius 3 is 2.35 bits per heavy atom. The van der Waals surface area contributed by atoms with E-state index in [1.165, 1.54) is 24.3 Å². The third-order valence-corrected chi connectivity index (χ3v) is 4.87. The van der Waals surface area contributed by atoms with E-state index in [4.69, 9.17) is 21.1 Å². The SMILES string of the molecule is COC(=O)c1cccc(OC(=O)NC(=O)c2cc(Oc3ccc(C(F)(F)F)cc3Cl)ccc2[N+](=O)[O-])c1. The van der Waals surface area contributed by atoms with Gasteiger partial charge in [-0.05, 0) is 42.5 Å². The van der Waals surface area contributed by atoms with Crippen molar-refractivity contribution in [2.45, 2.75) is 6.18 Å². The number of nitrogens with one attached hydrogen (secondary N) is 1. The van der Waals surface area contributed by atoms with Crippen LogP contribution in [0.3, 0.4) is 0 Å². The number of hydrogen-bond acceptors (Lipinski definition) is 8. The van der Waals surface area contributed by atoms with Crippen molar-refractivity contribution in [2.24, 2.45) is 0 Å². The second-order valence-corrected chi connectivity index (χ2v) is 7.45. The molecule has 0 bridgehead atoms. The van der Waals surface area contributed by atoms with Crippen LogP contribution in [0.1, 0.15) is 26.3 Å². The highest BCUT2D eigenvalue weighted by molar-refractivity contribution is 6.32. The van der Waals surface area contributed by atoms with Crippen molar-refractivity contribution in [3.8, 4) is 17.2 Å². The van der Waals surface area contributed by atoms with E-state index >= 15 is 0 Å². The fourth-order valence-corrected chi connectivity index (χ4v) is 3.12. The molecule has 0 saturated heterocycles. The number of esters is 1. The lowest BCUT2D eigenvalue weighted by molar-refractivity contribution is -0.385. The van der Waals surface area contributed by atoms with Crippen molar-refractivity contribution in [1.82, 2.24) is 5.32 Å². The third kappa shape index (κ3) is 6.73. The van der Waals surface area contributed by atoms with Crippen molar-refractivity contribution < 1.29 is 46.7 Å². The number of alkyl halides is 3. The van der Waals surface area contributed by atoms with Gasteiger partial charge in [0.05, 0.1) is 28.2 Å². The van der Waals surface area contributed by atoms with Crippen LogP contribution in [0.4, 0.5) is 23.7 Å². The van der Waals surface area contributed by atoms with Crippen molar-refractivity contribution in [2.75, 3.05) is 7.11 Å². The Bertz CT molecular complexity index is 1390. The van der Waals surface area contributed by atoms with E-state index < -0.39 is 50.9 Å². The number of nitro groups is 1. The van der Waals surface area contributed by atoms with Gasteiger partial charge in [-0.1, -0.05) is 17.7 Å². The van der Waals surface area contributed by atoms with E-state index in [9.17, 15) is 37.7 Å². The average Bonchev–Trinajstić information content (AvgIpc) is 2.84. The van der Waals surface area contributed by atoms with Crippen LogP contribution in [0.25, 0.3) is 0 Å². The first kappa shape index (κ1) is 26.9. The van der Waals surface area contributed by atoms with Gasteiger partial charge in [0.2, 0.25) is 0 Å². The summed E-state index contributed by atoms with van der Waals surface area (Å²) in [6.07, 6.45) is -5.96. The Morgan fingerprint density at radius 2 is 1.73 bits per heavy atom. The normalized spacial score (nSPS) is 10.8. The summed E-state index contributed by atoms with van der Waals surface area (Å²) in [7, 11) is 1.15. The van der Waals surface area contributed by atoms with Crippen molar-refractivity contribution in [1.29, 1.82) is 0 Å². The predicted octanol–water partition coefficient (Wildman–Crippen LogP) is 5.77. The van der Waals surface area contributed by atoms with E-state index in [-0.39, 0.29) is 22.8 Å². The molecule has 1 N–H and O–H groups in total. The zero-order chi connectivity index (χ0) is 27.3. The Kier molecular flexibility index (Phi) is 7.98. The minimum absolute atomic E-state index is 0.0570. The van der Waals surface area contributed by atoms with Gasteiger partial charge in [-0.25, -0.2) is 9.59 Å². The summed E-state index contributed by atoms with van der Waals surface area (Å²) in [5.74, 6) is -2.50. The Morgan fingerprint density at radius 1 is 1.00 bits per heavy atom. The lowest BCUT2D eigenvalue weighted by Gasteiger charge is -2.12. The first-order chi connectivity index (χ1) is 17.4. The molecule has 2 amide bonds. The Hall–Kier alpha value is -4.65. The minimum atomic E-state index is -4.64. The first-order valence-electron chi connectivity index (χ1n) is 9.93. The molecule has 14 heteroatoms. The molecule has 3 aromatic carbocycles. The smallest absolute Gasteiger partial charge is 0.419 e. The monoisotopic (exact) mass is 538 g/mol. The molecule has 0 unspecified atom stereocenters. The zero-order valence-electron chi connectivity index (χ0n) is 18.5. The van der Waals surface area contributed by atoms with E-state index in [2.05, 4.69) is 4.74 Å². The summed E-state index contributed by atoms with van der Waals surface area (Å²) in [5, 5.41) is 12.8. The van der Waals surface area contributed by atoms with Crippen LogP contribution in [0.5, 0.6) is 17.2 Å². The third-order valence-electron chi connectivity index (χ3n) is 4.58. The van der Waals surface area contributed by atoms with Gasteiger partial charge in [-0.2, -0.15) is 13.2 Å². The maximum Gasteiger partial charge on any atom is 0.419 e. The summed E-state index contributed by atoms with van der Waals surface area (Å²) in [6.45, 7) is 0. The van der Waals surface area contributed by atoms with Crippen LogP contribution >= 0.6 is 11.6 Å². The van der Waals surface area contributed by atoms with Gasteiger partial charge in [0.25, 0.3) is 11.6 Å². The molecule has 0 fully saturated rings. The molecule has 192 valence electrons. The molecule has 0 atom stereocenters. The van der Waals surface area contributed by atoms with Gasteiger partial charge in [-0.3, -0.25) is 20.2 Å². The Balaban J connectivity index is 1.81. The lowest BCUT2D eigenvalue weighted by atomic mass is 10.1. The number of methoxy groups -OCH3 is 1. The van der Waals surface area contributed by atoms with Crippen LogP contribution in [0.15, 0.2) is 60.7 Å². The van der Waals surface area contributed by atoms with E-state index in [0.29, 0.717) is 12.1 Å². The molecule has 0 aromatic heterocycles. The minimum Gasteiger partial charge on any atom is -0.465 e. The van der Waals surface area contributed by atoms with Crippen LogP contribution in [-0.2, 0) is 10.9 Å². The summed E-state index contributed by atoms with van der Waals surface area (Å²) in [6, 6.07) is 10.4. The van der Waals surface area contributed by atoms with Crippen LogP contribution in [-0.4, -0.2) is 30.0 Å². The molecule has 0 radical (unpaired) electrons. The van der Waals surface area contributed by atoms with Crippen LogP contribution in [0, 0.1) is 10.1 Å². The zero-order valence-corrected chi connectivity index (χ0v) is 19.3. The molecule has 3 aromatic rings. The second kappa shape index (κ2) is 11.0. The number of carbonyl (C=O) groups excluding carboxylic acids is 3. The number of nitrogens with zero attached hydrogens (tertiary/aromatic N) is 1. The average molecular weight is 539 g/mol. The van der Waals surface area contributed by atoms with Gasteiger partial charge in [0, 0.05) is 12.1 Å². The fraction of sp³-hybridized carbons (Fsp3) is 0.0870. The number of nitro benzene ring substituents is 1. The lowest BCUT2D eigenvalue weighted by Crippen LogP contribution is -2.33. The number of carbonyl (C=O) groups is 3. The van der Waals surface area contributed by atoms with E-state index in [1.807, 2.05) is 0 Å². The standard InChI is InChI=1S/C23H14ClF3N2O8/c1-35-21(31)12-3-2-4-14(9-12)37-22(32)28-20(30)16-11-15(6-7-18(16)29(33)34)36-19-8-5-13(10-17(19)24)23(25,26)27/h2-11H,1H3,(H,28,30,32). The van der Waals surface area contributed by atoms with Crippen molar-refractivity contribution in [3.05, 3.63) is 92.5 Å². The van der Waals surface area contributed by atoms with Crippen molar-refractivity contribution in [3.63, 3.8) is 0 Å². The number of benzene rings is 3. The molecule has 0 heterocycles. The molecule has 0 aliphatic rings. The highest BCUT2D eigenvalue weighted by Crippen LogP contribution is 2.37. The molecule has 0 aliphatic carbocycles. The number of imide groups is 1. The molecule has 0 saturated carbocycles. The number of hydrogen-bond donors (Lipinski definition) is 1. The number of amides is 2.